The van der Waals surface area contributed by atoms with Crippen LogP contribution in [0.15, 0.2) is 22.7 Å². The molecule has 1 aromatic rings. The third-order valence-corrected chi connectivity index (χ3v) is 1.74. The Labute approximate surface area is 62.8 Å². The summed E-state index contributed by atoms with van der Waals surface area (Å²) in [6, 6.07) is 3.87. The molecule has 0 amide bonds. The van der Waals surface area contributed by atoms with Crippen LogP contribution in [0.5, 0.6) is 0 Å². The molecular weight excluding hydrogens is 146 g/mol. The maximum Gasteiger partial charge on any atom is 0.106 e. The summed E-state index contributed by atoms with van der Waals surface area (Å²) >= 11 is 1.32. The van der Waals surface area contributed by atoms with Crippen LogP contribution in [-0.4, -0.2) is 11.2 Å². The average molecular weight is 151 g/mol. The van der Waals surface area contributed by atoms with Gasteiger partial charge < -0.3 is 4.72 Å². The van der Waals surface area contributed by atoms with Crippen LogP contribution in [0.2, 0.25) is 0 Å². The lowest BCUT2D eigenvalue weighted by Crippen LogP contribution is -1.98. The van der Waals surface area contributed by atoms with Gasteiger partial charge in [-0.15, -0.1) is 0 Å². The molecule has 1 aliphatic rings. The smallest absolute Gasteiger partial charge is 0.106 e. The Morgan fingerprint density at radius 1 is 1.50 bits per heavy atom. The molecule has 0 atom stereocenters. The van der Waals surface area contributed by atoms with Gasteiger partial charge in [-0.05, 0) is 12.1 Å². The summed E-state index contributed by atoms with van der Waals surface area (Å²) in [5, 5.41) is 0. The van der Waals surface area contributed by atoms with Crippen molar-refractivity contribution in [1.29, 1.82) is 0 Å². The monoisotopic (exact) mass is 151 g/mol. The Kier molecular flexibility index (Phi) is 1.32. The largest absolute Gasteiger partial charge is 0.308 e. The first-order valence-electron chi connectivity index (χ1n) is 2.87. The van der Waals surface area contributed by atoms with Gasteiger partial charge in [0.15, 0.2) is 0 Å². The highest BCUT2D eigenvalue weighted by molar-refractivity contribution is 7.99. The molecule has 0 radical (unpaired) electrons. The summed E-state index contributed by atoms with van der Waals surface area (Å²) in [6.07, 6.45) is 3.50. The first kappa shape index (κ1) is 5.73. The van der Waals surface area contributed by atoms with E-state index in [4.69, 9.17) is 0 Å². The number of nitrogens with one attached hydrogen (secondary N) is 1. The summed E-state index contributed by atoms with van der Waals surface area (Å²) in [6.45, 7) is 0. The summed E-state index contributed by atoms with van der Waals surface area (Å²) in [7, 11) is 0. The quantitative estimate of drug-likeness (QED) is 0.571. The molecule has 50 valence electrons. The molecule has 0 saturated carbocycles. The summed E-state index contributed by atoms with van der Waals surface area (Å²) in [4.78, 5) is 4.09. The number of pyridine rings is 1. The Morgan fingerprint density at radius 2 is 2.50 bits per heavy atom. The zero-order valence-corrected chi connectivity index (χ0v) is 5.93. The Bertz CT molecular complexity index is 271. The number of hydrogen-bond acceptors (Lipinski definition) is 4. The van der Waals surface area contributed by atoms with Crippen LogP contribution in [0.1, 0.15) is 5.69 Å². The van der Waals surface area contributed by atoms with Gasteiger partial charge in [0, 0.05) is 6.20 Å². The number of anilines is 1. The lowest BCUT2D eigenvalue weighted by atomic mass is 10.3. The molecule has 3 nitrogen and oxygen atoms in total. The van der Waals surface area contributed by atoms with Crippen molar-refractivity contribution in [1.82, 2.24) is 4.98 Å². The van der Waals surface area contributed by atoms with Gasteiger partial charge in [0.2, 0.25) is 0 Å². The normalized spacial score (nSPS) is 14.0. The number of rotatable bonds is 0. The van der Waals surface area contributed by atoms with Gasteiger partial charge >= 0.3 is 0 Å². The van der Waals surface area contributed by atoms with E-state index >= 15 is 0 Å². The third-order valence-electron chi connectivity index (χ3n) is 1.22. The lowest BCUT2D eigenvalue weighted by Gasteiger charge is -2.07. The molecule has 0 aliphatic carbocycles. The van der Waals surface area contributed by atoms with Crippen LogP contribution in [-0.2, 0) is 0 Å². The number of aromatic nitrogens is 1. The van der Waals surface area contributed by atoms with Crippen molar-refractivity contribution in [2.45, 2.75) is 0 Å². The van der Waals surface area contributed by atoms with Crippen molar-refractivity contribution >= 4 is 24.0 Å². The second-order valence-corrected chi connectivity index (χ2v) is 2.46. The van der Waals surface area contributed by atoms with Crippen molar-refractivity contribution in [3.8, 4) is 0 Å². The predicted octanol–water partition coefficient (Wildman–Crippen LogP) is 1.49. The highest BCUT2D eigenvalue weighted by Gasteiger charge is 2.02. The van der Waals surface area contributed by atoms with E-state index in [1.165, 1.54) is 12.1 Å². The van der Waals surface area contributed by atoms with Gasteiger partial charge in [0.1, 0.15) is 5.69 Å². The van der Waals surface area contributed by atoms with E-state index in [1.54, 1.807) is 12.4 Å². The van der Waals surface area contributed by atoms with Gasteiger partial charge in [-0.2, -0.15) is 0 Å². The lowest BCUT2D eigenvalue weighted by molar-refractivity contribution is 1.30. The topological polar surface area (TPSA) is 37.3 Å². The fourth-order valence-corrected chi connectivity index (χ4v) is 1.23. The standard InChI is InChI=1S/C6H5N3S/c1-2-5-6(7-3-1)4-8-10-9-5/h1-4,9H. The fourth-order valence-electron chi connectivity index (χ4n) is 0.758. The highest BCUT2D eigenvalue weighted by atomic mass is 32.2. The second kappa shape index (κ2) is 2.30. The fraction of sp³-hybridized carbons (Fsp3) is 0. The summed E-state index contributed by atoms with van der Waals surface area (Å²) in [5.41, 5.74) is 1.93. The molecule has 0 aromatic carbocycles. The summed E-state index contributed by atoms with van der Waals surface area (Å²) in [5.74, 6) is 0. The minimum absolute atomic E-state index is 0.904. The van der Waals surface area contributed by atoms with Gasteiger partial charge in [0.25, 0.3) is 0 Å². The van der Waals surface area contributed by atoms with Crippen LogP contribution in [0.25, 0.3) is 0 Å². The molecule has 0 bridgehead atoms. The van der Waals surface area contributed by atoms with Crippen molar-refractivity contribution in [2.75, 3.05) is 4.72 Å². The predicted molar refractivity (Wildman–Crippen MR) is 43.0 cm³/mol. The minimum atomic E-state index is 0.904. The van der Waals surface area contributed by atoms with Gasteiger partial charge in [0.05, 0.1) is 24.0 Å². The Morgan fingerprint density at radius 3 is 3.40 bits per heavy atom. The Hall–Kier alpha value is -1.03. The van der Waals surface area contributed by atoms with E-state index in [2.05, 4.69) is 14.1 Å². The molecular formula is C6H5N3S. The molecule has 0 saturated heterocycles. The van der Waals surface area contributed by atoms with Crippen molar-refractivity contribution < 1.29 is 0 Å². The first-order chi connectivity index (χ1) is 4.97. The Balaban J connectivity index is 2.54. The van der Waals surface area contributed by atoms with E-state index in [0.29, 0.717) is 0 Å². The zero-order chi connectivity index (χ0) is 6.81. The van der Waals surface area contributed by atoms with E-state index in [9.17, 15) is 0 Å². The van der Waals surface area contributed by atoms with E-state index in [0.717, 1.165) is 11.4 Å². The van der Waals surface area contributed by atoms with E-state index in [1.807, 2.05) is 12.1 Å². The average Bonchev–Trinajstić information content (AvgIpc) is 2.05. The second-order valence-electron chi connectivity index (χ2n) is 1.86. The molecule has 0 unspecified atom stereocenters. The van der Waals surface area contributed by atoms with Crippen LogP contribution in [0, 0.1) is 0 Å². The third kappa shape index (κ3) is 0.863. The molecule has 2 heterocycles. The van der Waals surface area contributed by atoms with E-state index < -0.39 is 0 Å². The molecule has 2 rings (SSSR count). The highest BCUT2D eigenvalue weighted by Crippen LogP contribution is 2.19. The maximum absolute atomic E-state index is 4.09. The van der Waals surface area contributed by atoms with Crippen LogP contribution < -0.4 is 4.72 Å². The molecule has 1 aromatic heterocycles. The van der Waals surface area contributed by atoms with Crippen molar-refractivity contribution in [2.24, 2.45) is 4.40 Å². The van der Waals surface area contributed by atoms with Crippen LogP contribution in [0.4, 0.5) is 5.69 Å². The SMILES string of the molecule is C1=NSNc2cccnc21. The van der Waals surface area contributed by atoms with Crippen LogP contribution in [0.3, 0.4) is 0 Å². The maximum atomic E-state index is 4.09. The van der Waals surface area contributed by atoms with Gasteiger partial charge in [-0.25, -0.2) is 4.40 Å². The molecule has 0 spiro atoms. The molecule has 10 heavy (non-hydrogen) atoms. The minimum Gasteiger partial charge on any atom is -0.308 e. The summed E-state index contributed by atoms with van der Waals surface area (Å²) < 4.78 is 6.96. The molecule has 0 fully saturated rings. The van der Waals surface area contributed by atoms with Crippen LogP contribution >= 0.6 is 12.1 Å². The van der Waals surface area contributed by atoms with Crippen molar-refractivity contribution in [3.63, 3.8) is 0 Å². The van der Waals surface area contributed by atoms with E-state index in [-0.39, 0.29) is 0 Å². The number of hydrogen-bond donors (Lipinski definition) is 1. The first-order valence-corrected chi connectivity index (χ1v) is 3.64. The van der Waals surface area contributed by atoms with Gasteiger partial charge in [-0.3, -0.25) is 4.98 Å². The van der Waals surface area contributed by atoms with Crippen molar-refractivity contribution in [3.05, 3.63) is 24.0 Å². The number of nitrogens with zero attached hydrogens (tertiary/aromatic N) is 2. The zero-order valence-electron chi connectivity index (χ0n) is 5.11. The molecule has 1 aliphatic heterocycles. The van der Waals surface area contributed by atoms with Gasteiger partial charge in [-0.1, -0.05) is 0 Å². The molecule has 1 N–H and O–H groups in total. The molecule has 4 heteroatoms. The number of fused-ring (bicyclic) bond motifs is 1.